The van der Waals surface area contributed by atoms with Crippen LogP contribution in [0.1, 0.15) is 36.5 Å². The Morgan fingerprint density at radius 3 is 2.65 bits per heavy atom. The number of methoxy groups -OCH3 is 1. The van der Waals surface area contributed by atoms with E-state index < -0.39 is 5.91 Å². The number of nitrogens with two attached hydrogens (primary N) is 1. The molecule has 2 aromatic rings. The number of nitrogens with zero attached hydrogens (tertiary/aromatic N) is 1. The zero-order valence-electron chi connectivity index (χ0n) is 18.2. The molecule has 2 aromatic carbocycles. The summed E-state index contributed by atoms with van der Waals surface area (Å²) < 4.78 is 10.7. The van der Waals surface area contributed by atoms with Gasteiger partial charge < -0.3 is 20.1 Å². The van der Waals surface area contributed by atoms with Crippen LogP contribution in [-0.4, -0.2) is 43.0 Å². The molecule has 0 bridgehead atoms. The molecule has 31 heavy (non-hydrogen) atoms. The fraction of sp³-hybridized carbons (Fsp3) is 0.360. The van der Waals surface area contributed by atoms with E-state index in [9.17, 15) is 9.59 Å². The first-order valence-corrected chi connectivity index (χ1v) is 10.7. The lowest BCUT2D eigenvalue weighted by Crippen LogP contribution is -2.43. The Bertz CT molecular complexity index is 954. The summed E-state index contributed by atoms with van der Waals surface area (Å²) in [6, 6.07) is 14.0. The average molecular weight is 423 g/mol. The topological polar surface area (TPSA) is 81.9 Å². The van der Waals surface area contributed by atoms with Crippen LogP contribution in [0.15, 0.2) is 48.5 Å². The average Bonchev–Trinajstić information content (AvgIpc) is 2.79. The van der Waals surface area contributed by atoms with Crippen LogP contribution >= 0.6 is 0 Å². The minimum absolute atomic E-state index is 0.0132. The third kappa shape index (κ3) is 5.87. The van der Waals surface area contributed by atoms with E-state index in [1.807, 2.05) is 11.0 Å². The van der Waals surface area contributed by atoms with E-state index in [0.29, 0.717) is 11.5 Å². The normalized spacial score (nSPS) is 15.4. The van der Waals surface area contributed by atoms with E-state index >= 15 is 0 Å². The summed E-state index contributed by atoms with van der Waals surface area (Å²) in [5, 5.41) is 0. The molecular weight excluding hydrogens is 392 g/mol. The highest BCUT2D eigenvalue weighted by Crippen LogP contribution is 2.29. The Labute approximate surface area is 183 Å². The number of carbonyl (C=O) groups is 2. The fourth-order valence-corrected chi connectivity index (χ4v) is 3.98. The number of rotatable bonds is 9. The number of amides is 2. The monoisotopic (exact) mass is 422 g/mol. The summed E-state index contributed by atoms with van der Waals surface area (Å²) in [5.41, 5.74) is 8.67. The first-order valence-electron chi connectivity index (χ1n) is 10.7. The van der Waals surface area contributed by atoms with Crippen molar-refractivity contribution in [1.29, 1.82) is 0 Å². The first-order chi connectivity index (χ1) is 15.0. The number of fused-ring (bicyclic) bond motifs is 1. The van der Waals surface area contributed by atoms with Crippen LogP contribution in [0, 0.1) is 0 Å². The molecule has 2 N–H and O–H groups in total. The summed E-state index contributed by atoms with van der Waals surface area (Å²) in [5.74, 6) is 0.362. The molecule has 0 fully saturated rings. The second-order valence-electron chi connectivity index (χ2n) is 7.70. The molecule has 0 aliphatic heterocycles. The van der Waals surface area contributed by atoms with Crippen molar-refractivity contribution in [2.75, 3.05) is 20.3 Å². The minimum Gasteiger partial charge on any atom is -0.493 e. The molecule has 3 rings (SSSR count). The number of hydrogen-bond acceptors (Lipinski definition) is 4. The van der Waals surface area contributed by atoms with Gasteiger partial charge in [0.2, 0.25) is 5.91 Å². The maximum absolute atomic E-state index is 13.0. The predicted octanol–water partition coefficient (Wildman–Crippen LogP) is 3.37. The van der Waals surface area contributed by atoms with E-state index in [1.165, 1.54) is 18.2 Å². The lowest BCUT2D eigenvalue weighted by Gasteiger charge is -2.34. The predicted molar refractivity (Wildman–Crippen MR) is 121 cm³/mol. The van der Waals surface area contributed by atoms with Crippen LogP contribution in [0.25, 0.3) is 6.08 Å². The van der Waals surface area contributed by atoms with E-state index in [4.69, 9.17) is 15.2 Å². The van der Waals surface area contributed by atoms with Gasteiger partial charge in [-0.3, -0.25) is 9.59 Å². The van der Waals surface area contributed by atoms with Crippen molar-refractivity contribution in [3.05, 3.63) is 65.2 Å². The highest BCUT2D eigenvalue weighted by atomic mass is 16.5. The molecule has 1 atom stereocenters. The van der Waals surface area contributed by atoms with Gasteiger partial charge >= 0.3 is 0 Å². The third-order valence-corrected chi connectivity index (χ3v) is 5.49. The van der Waals surface area contributed by atoms with Gasteiger partial charge in [-0.15, -0.1) is 0 Å². The van der Waals surface area contributed by atoms with Crippen molar-refractivity contribution >= 4 is 17.9 Å². The Hall–Kier alpha value is -3.28. The van der Waals surface area contributed by atoms with Gasteiger partial charge in [-0.2, -0.15) is 0 Å². The molecule has 6 nitrogen and oxygen atoms in total. The highest BCUT2D eigenvalue weighted by molar-refractivity contribution is 5.92. The van der Waals surface area contributed by atoms with Gasteiger partial charge in [-0.25, -0.2) is 0 Å². The Morgan fingerprint density at radius 1 is 1.16 bits per heavy atom. The minimum atomic E-state index is -0.557. The van der Waals surface area contributed by atoms with E-state index in [-0.39, 0.29) is 18.6 Å². The number of aryl methyl sites for hydroxylation is 1. The smallest absolute Gasteiger partial charge is 0.255 e. The molecule has 1 aliphatic rings. The van der Waals surface area contributed by atoms with Crippen LogP contribution in [0.2, 0.25) is 0 Å². The molecule has 0 radical (unpaired) electrons. The summed E-state index contributed by atoms with van der Waals surface area (Å²) in [4.78, 5) is 26.0. The third-order valence-electron chi connectivity index (χ3n) is 5.49. The van der Waals surface area contributed by atoms with E-state index in [2.05, 4.69) is 31.2 Å². The quantitative estimate of drug-likeness (QED) is 0.628. The molecule has 0 saturated carbocycles. The second-order valence-corrected chi connectivity index (χ2v) is 7.70. The molecule has 2 amide bonds. The van der Waals surface area contributed by atoms with Crippen molar-refractivity contribution in [2.45, 2.75) is 38.6 Å². The molecule has 0 spiro atoms. The van der Waals surface area contributed by atoms with Crippen molar-refractivity contribution in [3.8, 4) is 11.5 Å². The van der Waals surface area contributed by atoms with Crippen LogP contribution in [0.5, 0.6) is 11.5 Å². The van der Waals surface area contributed by atoms with Gasteiger partial charge in [-0.05, 0) is 60.6 Å². The van der Waals surface area contributed by atoms with Gasteiger partial charge in [0.15, 0.2) is 18.1 Å². The summed E-state index contributed by atoms with van der Waals surface area (Å²) in [6.07, 6.45) is 7.20. The van der Waals surface area contributed by atoms with Gasteiger partial charge in [0.05, 0.1) is 7.11 Å². The standard InChI is InChI=1S/C25H30N2O4/c1-3-14-27(21-11-10-19-6-4-5-7-20(19)16-21)25(29)13-9-18-8-12-22(23(15-18)30-2)31-17-24(26)28/h4-9,12-13,15,21H,3,10-11,14,16-17H2,1-2H3,(H2,26,28). The fourth-order valence-electron chi connectivity index (χ4n) is 3.98. The van der Waals surface area contributed by atoms with Crippen molar-refractivity contribution < 1.29 is 19.1 Å². The summed E-state index contributed by atoms with van der Waals surface area (Å²) >= 11 is 0. The second kappa shape index (κ2) is 10.7. The largest absolute Gasteiger partial charge is 0.493 e. The first kappa shape index (κ1) is 22.4. The molecule has 1 aliphatic carbocycles. The highest BCUT2D eigenvalue weighted by Gasteiger charge is 2.26. The van der Waals surface area contributed by atoms with Crippen LogP contribution < -0.4 is 15.2 Å². The Morgan fingerprint density at radius 2 is 1.94 bits per heavy atom. The maximum atomic E-state index is 13.0. The van der Waals surface area contributed by atoms with Gasteiger partial charge in [0.1, 0.15) is 0 Å². The van der Waals surface area contributed by atoms with Crippen LogP contribution in [0.4, 0.5) is 0 Å². The van der Waals surface area contributed by atoms with Gasteiger partial charge in [-0.1, -0.05) is 37.3 Å². The molecular formula is C25H30N2O4. The lowest BCUT2D eigenvalue weighted by molar-refractivity contribution is -0.128. The van der Waals surface area contributed by atoms with Crippen molar-refractivity contribution in [3.63, 3.8) is 0 Å². The summed E-state index contributed by atoms with van der Waals surface area (Å²) in [6.45, 7) is 2.61. The maximum Gasteiger partial charge on any atom is 0.255 e. The molecule has 6 heteroatoms. The molecule has 1 unspecified atom stereocenters. The van der Waals surface area contributed by atoms with E-state index in [0.717, 1.165) is 37.8 Å². The van der Waals surface area contributed by atoms with Crippen LogP contribution in [0.3, 0.4) is 0 Å². The number of ether oxygens (including phenoxy) is 2. The Balaban J connectivity index is 1.71. The number of benzene rings is 2. The SMILES string of the molecule is CCCN(C(=O)C=Cc1ccc(OCC(N)=O)c(OC)c1)C1CCc2ccccc2C1. The summed E-state index contributed by atoms with van der Waals surface area (Å²) in [7, 11) is 1.52. The lowest BCUT2D eigenvalue weighted by atomic mass is 9.87. The molecule has 0 aromatic heterocycles. The molecule has 164 valence electrons. The van der Waals surface area contributed by atoms with Crippen molar-refractivity contribution in [2.24, 2.45) is 5.73 Å². The number of carbonyl (C=O) groups excluding carboxylic acids is 2. The Kier molecular flexibility index (Phi) is 7.70. The zero-order chi connectivity index (χ0) is 22.2. The number of primary amides is 1. The number of hydrogen-bond donors (Lipinski definition) is 1. The van der Waals surface area contributed by atoms with E-state index in [1.54, 1.807) is 24.3 Å². The molecule has 0 heterocycles. The van der Waals surface area contributed by atoms with Gasteiger partial charge in [0, 0.05) is 18.7 Å². The van der Waals surface area contributed by atoms with Crippen molar-refractivity contribution in [1.82, 2.24) is 4.90 Å². The zero-order valence-corrected chi connectivity index (χ0v) is 18.2. The van der Waals surface area contributed by atoms with Gasteiger partial charge in [0.25, 0.3) is 5.91 Å². The molecule has 0 saturated heterocycles. The van der Waals surface area contributed by atoms with Crippen LogP contribution in [-0.2, 0) is 22.4 Å².